The Labute approximate surface area is 121 Å². The second kappa shape index (κ2) is 5.55. The van der Waals surface area contributed by atoms with Gasteiger partial charge >= 0.3 is 0 Å². The predicted octanol–water partition coefficient (Wildman–Crippen LogP) is 6.15. The monoisotopic (exact) mass is 270 g/mol. The van der Waals surface area contributed by atoms with E-state index >= 15 is 0 Å². The molecule has 0 aromatic heterocycles. The van der Waals surface area contributed by atoms with Gasteiger partial charge in [0.25, 0.3) is 0 Å². The van der Waals surface area contributed by atoms with Crippen LogP contribution in [0.5, 0.6) is 0 Å². The Morgan fingerprint density at radius 1 is 1.00 bits per heavy atom. The molecule has 1 aliphatic carbocycles. The zero-order chi connectivity index (χ0) is 14.1. The number of rotatable bonds is 2. The summed E-state index contributed by atoms with van der Waals surface area (Å²) in [6.07, 6.45) is 6.51. The summed E-state index contributed by atoms with van der Waals surface area (Å²) in [5, 5.41) is 1.82. The lowest BCUT2D eigenvalue weighted by molar-refractivity contribution is 0.444. The van der Waals surface area contributed by atoms with Gasteiger partial charge in [0.1, 0.15) is 5.82 Å². The summed E-state index contributed by atoms with van der Waals surface area (Å²) in [7, 11) is 0. The molecule has 0 atom stereocenters. The summed E-state index contributed by atoms with van der Waals surface area (Å²) < 4.78 is 14.4. The molecular weight excluding hydrogens is 247 g/mol. The molecule has 20 heavy (non-hydrogen) atoms. The van der Waals surface area contributed by atoms with Gasteiger partial charge < -0.3 is 0 Å². The van der Waals surface area contributed by atoms with Crippen LogP contribution in [-0.4, -0.2) is 0 Å². The van der Waals surface area contributed by atoms with Crippen molar-refractivity contribution in [3.05, 3.63) is 47.3 Å². The topological polar surface area (TPSA) is 0 Å². The van der Waals surface area contributed by atoms with Gasteiger partial charge in [0.2, 0.25) is 0 Å². The number of halogens is 1. The van der Waals surface area contributed by atoms with Crippen LogP contribution in [0.25, 0.3) is 10.8 Å². The fourth-order valence-electron chi connectivity index (χ4n) is 3.38. The Morgan fingerprint density at radius 3 is 2.45 bits per heavy atom. The highest BCUT2D eigenvalue weighted by Gasteiger charge is 2.16. The van der Waals surface area contributed by atoms with Crippen LogP contribution in [0.15, 0.2) is 30.3 Å². The molecule has 2 aromatic rings. The van der Waals surface area contributed by atoms with Crippen molar-refractivity contribution in [2.75, 3.05) is 0 Å². The molecule has 2 aromatic carbocycles. The Kier molecular flexibility index (Phi) is 3.78. The first-order valence-electron chi connectivity index (χ1n) is 7.88. The molecule has 3 rings (SSSR count). The second-order valence-electron chi connectivity index (χ2n) is 6.47. The molecule has 1 saturated carbocycles. The fourth-order valence-corrected chi connectivity index (χ4v) is 3.38. The average molecular weight is 270 g/mol. The summed E-state index contributed by atoms with van der Waals surface area (Å²) in [6.45, 7) is 4.22. The van der Waals surface area contributed by atoms with Crippen molar-refractivity contribution < 1.29 is 4.39 Å². The summed E-state index contributed by atoms with van der Waals surface area (Å²) in [4.78, 5) is 0. The predicted molar refractivity (Wildman–Crippen MR) is 83.8 cm³/mol. The number of benzene rings is 2. The molecule has 0 heterocycles. The molecule has 0 nitrogen and oxygen atoms in total. The summed E-state index contributed by atoms with van der Waals surface area (Å²) in [6, 6.07) is 10.2. The zero-order valence-corrected chi connectivity index (χ0v) is 12.5. The lowest BCUT2D eigenvalue weighted by Gasteiger charge is -2.22. The highest BCUT2D eigenvalue weighted by atomic mass is 19.1. The maximum atomic E-state index is 14.4. The van der Waals surface area contributed by atoms with Crippen LogP contribution in [-0.2, 0) is 0 Å². The molecule has 0 aliphatic heterocycles. The third kappa shape index (κ3) is 2.59. The van der Waals surface area contributed by atoms with Crippen molar-refractivity contribution >= 4 is 10.8 Å². The zero-order valence-electron chi connectivity index (χ0n) is 12.5. The minimum Gasteiger partial charge on any atom is -0.206 e. The number of hydrogen-bond acceptors (Lipinski definition) is 0. The molecule has 106 valence electrons. The highest BCUT2D eigenvalue weighted by Crippen LogP contribution is 2.35. The maximum Gasteiger partial charge on any atom is 0.131 e. The van der Waals surface area contributed by atoms with E-state index < -0.39 is 0 Å². The van der Waals surface area contributed by atoms with Crippen molar-refractivity contribution in [3.63, 3.8) is 0 Å². The Hall–Kier alpha value is -1.37. The standard InChI is InChI=1S/C19H23F/c1-13(2)17-10-16-9-8-15(11-18(16)19(20)12-17)14-6-4-3-5-7-14/h8-14H,3-7H2,1-2H3. The van der Waals surface area contributed by atoms with Gasteiger partial charge in [-0.3, -0.25) is 0 Å². The van der Waals surface area contributed by atoms with Gasteiger partial charge in [-0.05, 0) is 53.3 Å². The van der Waals surface area contributed by atoms with Crippen LogP contribution >= 0.6 is 0 Å². The van der Waals surface area contributed by atoms with Gasteiger partial charge in [-0.25, -0.2) is 4.39 Å². The van der Waals surface area contributed by atoms with Crippen molar-refractivity contribution in [1.82, 2.24) is 0 Å². The van der Waals surface area contributed by atoms with Gasteiger partial charge in [0, 0.05) is 5.39 Å². The maximum absolute atomic E-state index is 14.4. The van der Waals surface area contributed by atoms with Crippen molar-refractivity contribution in [3.8, 4) is 0 Å². The van der Waals surface area contributed by atoms with E-state index in [1.165, 1.54) is 37.7 Å². The van der Waals surface area contributed by atoms with Gasteiger partial charge in [-0.2, -0.15) is 0 Å². The van der Waals surface area contributed by atoms with E-state index in [0.717, 1.165) is 16.3 Å². The average Bonchev–Trinajstić information content (AvgIpc) is 2.47. The minimum absolute atomic E-state index is 0.0659. The lowest BCUT2D eigenvalue weighted by Crippen LogP contribution is -2.04. The van der Waals surface area contributed by atoms with Crippen LogP contribution in [0, 0.1) is 5.82 Å². The van der Waals surface area contributed by atoms with Crippen LogP contribution in [0.2, 0.25) is 0 Å². The van der Waals surface area contributed by atoms with Crippen LogP contribution in [0.1, 0.15) is 68.9 Å². The van der Waals surface area contributed by atoms with Gasteiger partial charge in [-0.15, -0.1) is 0 Å². The van der Waals surface area contributed by atoms with E-state index in [1.54, 1.807) is 6.07 Å². The molecule has 0 amide bonds. The molecular formula is C19H23F. The third-order valence-corrected chi connectivity index (χ3v) is 4.69. The largest absolute Gasteiger partial charge is 0.206 e. The van der Waals surface area contributed by atoms with Crippen molar-refractivity contribution in [2.45, 2.75) is 57.8 Å². The molecule has 1 fully saturated rings. The first-order chi connectivity index (χ1) is 9.65. The van der Waals surface area contributed by atoms with Gasteiger partial charge in [-0.1, -0.05) is 51.3 Å². The van der Waals surface area contributed by atoms with E-state index in [4.69, 9.17) is 0 Å². The molecule has 0 radical (unpaired) electrons. The number of fused-ring (bicyclic) bond motifs is 1. The van der Waals surface area contributed by atoms with Crippen molar-refractivity contribution in [1.29, 1.82) is 0 Å². The van der Waals surface area contributed by atoms with Crippen LogP contribution < -0.4 is 0 Å². The molecule has 0 spiro atoms. The van der Waals surface area contributed by atoms with Gasteiger partial charge in [0.15, 0.2) is 0 Å². The quantitative estimate of drug-likeness (QED) is 0.614. The van der Waals surface area contributed by atoms with Gasteiger partial charge in [0.05, 0.1) is 0 Å². The molecule has 0 bridgehead atoms. The first kappa shape index (κ1) is 13.6. The molecule has 0 N–H and O–H groups in total. The lowest BCUT2D eigenvalue weighted by atomic mass is 9.83. The van der Waals surface area contributed by atoms with Crippen LogP contribution in [0.3, 0.4) is 0 Å². The number of hydrogen-bond donors (Lipinski definition) is 0. The summed E-state index contributed by atoms with van der Waals surface area (Å²) in [5.41, 5.74) is 2.41. The molecule has 0 saturated heterocycles. The smallest absolute Gasteiger partial charge is 0.131 e. The van der Waals surface area contributed by atoms with Crippen LogP contribution in [0.4, 0.5) is 4.39 Å². The Morgan fingerprint density at radius 2 is 1.75 bits per heavy atom. The highest BCUT2D eigenvalue weighted by molar-refractivity contribution is 5.84. The summed E-state index contributed by atoms with van der Waals surface area (Å²) >= 11 is 0. The van der Waals surface area contributed by atoms with E-state index in [2.05, 4.69) is 38.1 Å². The molecule has 1 aliphatic rings. The van der Waals surface area contributed by atoms with Crippen molar-refractivity contribution in [2.24, 2.45) is 0 Å². The van der Waals surface area contributed by atoms with E-state index in [0.29, 0.717) is 11.8 Å². The minimum atomic E-state index is -0.0659. The molecule has 0 unspecified atom stereocenters. The van der Waals surface area contributed by atoms with E-state index in [9.17, 15) is 4.39 Å². The SMILES string of the molecule is CC(C)c1cc(F)c2cc(C3CCCCC3)ccc2c1. The Bertz CT molecular complexity index is 606. The summed E-state index contributed by atoms with van der Waals surface area (Å²) in [5.74, 6) is 0.938. The Balaban J connectivity index is 2.02. The first-order valence-corrected chi connectivity index (χ1v) is 7.88. The third-order valence-electron chi connectivity index (χ3n) is 4.69. The molecule has 1 heteroatoms. The second-order valence-corrected chi connectivity index (χ2v) is 6.47. The normalized spacial score (nSPS) is 17.0. The van der Waals surface area contributed by atoms with E-state index in [-0.39, 0.29) is 5.82 Å². The fraction of sp³-hybridized carbons (Fsp3) is 0.474. The van der Waals surface area contributed by atoms with E-state index in [1.807, 2.05) is 0 Å².